The number of hydrogen-bond donors (Lipinski definition) is 0. The Morgan fingerprint density at radius 1 is 1.43 bits per heavy atom. The highest BCUT2D eigenvalue weighted by molar-refractivity contribution is 9.10. The predicted octanol–water partition coefficient (Wildman–Crippen LogP) is 3.46. The first-order valence-corrected chi connectivity index (χ1v) is 10.1. The molecular weight excluding hydrogens is 406 g/mol. The van der Waals surface area contributed by atoms with Crippen LogP contribution in [0, 0.1) is 5.92 Å². The van der Waals surface area contributed by atoms with E-state index in [2.05, 4.69) is 15.9 Å². The number of halogens is 2. The maximum atomic E-state index is 12.9. The highest BCUT2D eigenvalue weighted by Crippen LogP contribution is 2.33. The lowest BCUT2D eigenvalue weighted by Gasteiger charge is -2.22. The summed E-state index contributed by atoms with van der Waals surface area (Å²) in [5, 5.41) is 0.163. The van der Waals surface area contributed by atoms with E-state index in [1.807, 2.05) is 0 Å². The van der Waals surface area contributed by atoms with Crippen LogP contribution in [-0.2, 0) is 19.6 Å². The van der Waals surface area contributed by atoms with Gasteiger partial charge in [-0.15, -0.1) is 0 Å². The standard InChI is InChI=1S/C15H19BrClNO4S/c1-2-22-15(19)7-8-18(10-11-3-4-11)23(20,21)14-6-5-12(16)9-13(14)17/h5-6,9,11H,2-4,7-8,10H2,1H3. The highest BCUT2D eigenvalue weighted by Gasteiger charge is 2.33. The third-order valence-corrected chi connectivity index (χ3v) is 6.38. The molecule has 1 aromatic rings. The van der Waals surface area contributed by atoms with Gasteiger partial charge in [-0.2, -0.15) is 4.31 Å². The predicted molar refractivity (Wildman–Crippen MR) is 91.9 cm³/mol. The van der Waals surface area contributed by atoms with Crippen LogP contribution in [0.3, 0.4) is 0 Å². The molecule has 1 aromatic carbocycles. The summed E-state index contributed by atoms with van der Waals surface area (Å²) in [6, 6.07) is 4.67. The van der Waals surface area contributed by atoms with Gasteiger partial charge in [-0.3, -0.25) is 4.79 Å². The minimum Gasteiger partial charge on any atom is -0.466 e. The monoisotopic (exact) mass is 423 g/mol. The second-order valence-electron chi connectivity index (χ2n) is 5.44. The molecular formula is C15H19BrClNO4S. The molecule has 0 N–H and O–H groups in total. The molecule has 8 heteroatoms. The number of rotatable bonds is 8. The van der Waals surface area contributed by atoms with E-state index < -0.39 is 16.0 Å². The van der Waals surface area contributed by atoms with Gasteiger partial charge in [-0.1, -0.05) is 27.5 Å². The van der Waals surface area contributed by atoms with Crippen molar-refractivity contribution in [3.63, 3.8) is 0 Å². The Kier molecular flexibility index (Phi) is 6.48. The van der Waals surface area contributed by atoms with E-state index in [1.165, 1.54) is 10.4 Å². The highest BCUT2D eigenvalue weighted by atomic mass is 79.9. The first-order valence-electron chi connectivity index (χ1n) is 7.45. The van der Waals surface area contributed by atoms with Crippen molar-refractivity contribution >= 4 is 43.5 Å². The lowest BCUT2D eigenvalue weighted by Crippen LogP contribution is -2.35. The van der Waals surface area contributed by atoms with Crippen LogP contribution in [0.5, 0.6) is 0 Å². The number of benzene rings is 1. The van der Waals surface area contributed by atoms with Crippen molar-refractivity contribution in [3.8, 4) is 0 Å². The van der Waals surface area contributed by atoms with E-state index in [1.54, 1.807) is 19.1 Å². The van der Waals surface area contributed by atoms with E-state index in [-0.39, 0.29) is 29.5 Å². The Labute approximate surface area is 150 Å². The number of carbonyl (C=O) groups is 1. The molecule has 0 bridgehead atoms. The number of esters is 1. The molecule has 0 aromatic heterocycles. The molecule has 0 atom stereocenters. The zero-order valence-electron chi connectivity index (χ0n) is 12.8. The summed E-state index contributed by atoms with van der Waals surface area (Å²) >= 11 is 9.36. The Bertz CT molecular complexity index is 676. The molecule has 5 nitrogen and oxygen atoms in total. The van der Waals surface area contributed by atoms with E-state index in [0.717, 1.165) is 12.8 Å². The second kappa shape index (κ2) is 7.96. The Hall–Kier alpha value is -0.630. The normalized spacial score (nSPS) is 15.0. The first-order chi connectivity index (χ1) is 10.8. The molecule has 0 heterocycles. The Balaban J connectivity index is 2.20. The van der Waals surface area contributed by atoms with Gasteiger partial charge in [0.15, 0.2) is 0 Å². The van der Waals surface area contributed by atoms with Gasteiger partial charge < -0.3 is 4.74 Å². The van der Waals surface area contributed by atoms with Gasteiger partial charge in [-0.05, 0) is 43.9 Å². The number of sulfonamides is 1. The summed E-state index contributed by atoms with van der Waals surface area (Å²) < 4.78 is 32.7. The summed E-state index contributed by atoms with van der Waals surface area (Å²) in [6.07, 6.45) is 2.06. The molecule has 1 fully saturated rings. The van der Waals surface area contributed by atoms with Crippen LogP contribution in [0.1, 0.15) is 26.2 Å². The molecule has 0 amide bonds. The van der Waals surface area contributed by atoms with E-state index >= 15 is 0 Å². The summed E-state index contributed by atoms with van der Waals surface area (Å²) in [4.78, 5) is 11.6. The van der Waals surface area contributed by atoms with Gasteiger partial charge in [0.2, 0.25) is 10.0 Å². The SMILES string of the molecule is CCOC(=O)CCN(CC1CC1)S(=O)(=O)c1ccc(Br)cc1Cl. The summed E-state index contributed by atoms with van der Waals surface area (Å²) in [5.41, 5.74) is 0. The van der Waals surface area contributed by atoms with Gasteiger partial charge in [0, 0.05) is 17.6 Å². The van der Waals surface area contributed by atoms with Crippen LogP contribution in [0.15, 0.2) is 27.6 Å². The molecule has 0 aliphatic heterocycles. The van der Waals surface area contributed by atoms with E-state index in [9.17, 15) is 13.2 Å². The van der Waals surface area contributed by atoms with Crippen molar-refractivity contribution in [2.24, 2.45) is 5.92 Å². The van der Waals surface area contributed by atoms with Crippen LogP contribution in [0.25, 0.3) is 0 Å². The second-order valence-corrected chi connectivity index (χ2v) is 8.67. The van der Waals surface area contributed by atoms with Crippen molar-refractivity contribution in [3.05, 3.63) is 27.7 Å². The van der Waals surface area contributed by atoms with Crippen molar-refractivity contribution in [1.82, 2.24) is 4.31 Å². The van der Waals surface area contributed by atoms with Crippen LogP contribution >= 0.6 is 27.5 Å². The fourth-order valence-electron chi connectivity index (χ4n) is 2.17. The smallest absolute Gasteiger partial charge is 0.307 e. The molecule has 0 radical (unpaired) electrons. The summed E-state index contributed by atoms with van der Waals surface area (Å²) in [5.74, 6) is -0.0356. The number of nitrogens with zero attached hydrogens (tertiary/aromatic N) is 1. The zero-order valence-corrected chi connectivity index (χ0v) is 16.0. The molecule has 2 rings (SSSR count). The van der Waals surface area contributed by atoms with Crippen molar-refractivity contribution in [1.29, 1.82) is 0 Å². The average Bonchev–Trinajstić information content (AvgIpc) is 3.27. The maximum absolute atomic E-state index is 12.9. The van der Waals surface area contributed by atoms with Crippen LogP contribution in [0.4, 0.5) is 0 Å². The number of carbonyl (C=O) groups excluding carboxylic acids is 1. The third-order valence-electron chi connectivity index (χ3n) is 3.54. The van der Waals surface area contributed by atoms with Crippen molar-refractivity contribution in [2.45, 2.75) is 31.1 Å². The minimum atomic E-state index is -3.74. The van der Waals surface area contributed by atoms with Crippen LogP contribution in [-0.4, -0.2) is 38.4 Å². The molecule has 1 saturated carbocycles. The third kappa shape index (κ3) is 5.17. The molecule has 0 saturated heterocycles. The molecule has 1 aliphatic carbocycles. The molecule has 23 heavy (non-hydrogen) atoms. The van der Waals surface area contributed by atoms with Gasteiger partial charge in [0.1, 0.15) is 4.90 Å². The fourth-order valence-corrected chi connectivity index (χ4v) is 4.70. The average molecular weight is 425 g/mol. The van der Waals surface area contributed by atoms with E-state index in [4.69, 9.17) is 16.3 Å². The van der Waals surface area contributed by atoms with Crippen molar-refractivity contribution < 1.29 is 17.9 Å². The lowest BCUT2D eigenvalue weighted by molar-refractivity contribution is -0.143. The fraction of sp³-hybridized carbons (Fsp3) is 0.533. The summed E-state index contributed by atoms with van der Waals surface area (Å²) in [6.45, 7) is 2.52. The van der Waals surface area contributed by atoms with Gasteiger partial charge in [-0.25, -0.2) is 8.42 Å². The minimum absolute atomic E-state index is 0.0357. The quantitative estimate of drug-likeness (QED) is 0.600. The zero-order chi connectivity index (χ0) is 17.0. The molecule has 128 valence electrons. The van der Waals surface area contributed by atoms with Crippen LogP contribution < -0.4 is 0 Å². The molecule has 0 unspecified atom stereocenters. The molecule has 1 aliphatic rings. The topological polar surface area (TPSA) is 63.7 Å². The lowest BCUT2D eigenvalue weighted by atomic mass is 10.4. The van der Waals surface area contributed by atoms with Crippen molar-refractivity contribution in [2.75, 3.05) is 19.7 Å². The molecule has 0 spiro atoms. The van der Waals surface area contributed by atoms with Gasteiger partial charge in [0.25, 0.3) is 0 Å². The maximum Gasteiger partial charge on any atom is 0.307 e. The summed E-state index contributed by atoms with van der Waals surface area (Å²) in [7, 11) is -3.74. The van der Waals surface area contributed by atoms with E-state index in [0.29, 0.717) is 16.9 Å². The number of ether oxygens (including phenoxy) is 1. The number of hydrogen-bond acceptors (Lipinski definition) is 4. The van der Waals surface area contributed by atoms with Gasteiger partial charge >= 0.3 is 5.97 Å². The Morgan fingerprint density at radius 2 is 2.13 bits per heavy atom. The van der Waals surface area contributed by atoms with Gasteiger partial charge in [0.05, 0.1) is 18.1 Å². The largest absolute Gasteiger partial charge is 0.466 e. The first kappa shape index (κ1) is 18.7. The van der Waals surface area contributed by atoms with Crippen LogP contribution in [0.2, 0.25) is 5.02 Å². The Morgan fingerprint density at radius 3 is 2.70 bits per heavy atom.